The van der Waals surface area contributed by atoms with Crippen molar-refractivity contribution in [3.05, 3.63) is 27.8 Å². The Morgan fingerprint density at radius 1 is 1.44 bits per heavy atom. The van der Waals surface area contributed by atoms with E-state index >= 15 is 0 Å². The van der Waals surface area contributed by atoms with Crippen molar-refractivity contribution in [1.29, 1.82) is 0 Å². The van der Waals surface area contributed by atoms with Crippen LogP contribution < -0.4 is 4.74 Å². The molecule has 0 aromatic heterocycles. The number of halogens is 2. The van der Waals surface area contributed by atoms with Crippen molar-refractivity contribution in [3.63, 3.8) is 0 Å². The number of aliphatic hydroxyl groups excluding tert-OH is 1. The predicted octanol–water partition coefficient (Wildman–Crippen LogP) is 3.11. The zero-order valence-electron chi connectivity index (χ0n) is 9.68. The molecule has 0 fully saturated rings. The van der Waals surface area contributed by atoms with Crippen molar-refractivity contribution in [3.8, 4) is 5.75 Å². The van der Waals surface area contributed by atoms with E-state index in [-0.39, 0.29) is 5.88 Å². The largest absolute Gasteiger partial charge is 0.496 e. The zero-order chi connectivity index (χ0) is 12.3. The second-order valence-electron chi connectivity index (χ2n) is 3.83. The van der Waals surface area contributed by atoms with Crippen molar-refractivity contribution in [1.82, 2.24) is 0 Å². The molecule has 0 heterocycles. The highest BCUT2D eigenvalue weighted by Crippen LogP contribution is 2.32. The van der Waals surface area contributed by atoms with Gasteiger partial charge in [-0.1, -0.05) is 11.6 Å². The van der Waals surface area contributed by atoms with E-state index in [0.29, 0.717) is 6.42 Å². The van der Waals surface area contributed by atoms with E-state index in [1.54, 1.807) is 7.11 Å². The van der Waals surface area contributed by atoms with Crippen molar-refractivity contribution < 1.29 is 9.84 Å². The topological polar surface area (TPSA) is 29.5 Å². The molecule has 0 amide bonds. The molecule has 16 heavy (non-hydrogen) atoms. The molecule has 0 aliphatic carbocycles. The van der Waals surface area contributed by atoms with Crippen LogP contribution in [0.4, 0.5) is 0 Å². The van der Waals surface area contributed by atoms with Crippen molar-refractivity contribution in [2.24, 2.45) is 0 Å². The molecule has 0 saturated heterocycles. The molecule has 0 spiro atoms. The van der Waals surface area contributed by atoms with Crippen LogP contribution in [0.2, 0.25) is 5.02 Å². The third-order valence-corrected chi connectivity index (χ3v) is 3.55. The van der Waals surface area contributed by atoms with Gasteiger partial charge >= 0.3 is 0 Å². The highest BCUT2D eigenvalue weighted by Gasteiger charge is 2.15. The minimum Gasteiger partial charge on any atom is -0.496 e. The minimum atomic E-state index is -0.576. The third kappa shape index (κ3) is 2.82. The standard InChI is InChI=1S/C12H16Cl2O2/c1-7-4-11(16-3)10(5-9(15)6-13)8(2)12(7)14/h4,9,15H,5-6H2,1-3H3. The average Bonchev–Trinajstić information content (AvgIpc) is 2.29. The Hall–Kier alpha value is -0.440. The molecular weight excluding hydrogens is 247 g/mol. The van der Waals surface area contributed by atoms with Gasteiger partial charge in [-0.2, -0.15) is 0 Å². The average molecular weight is 263 g/mol. The molecule has 1 N–H and O–H groups in total. The lowest BCUT2D eigenvalue weighted by Crippen LogP contribution is -2.14. The number of aryl methyl sites for hydroxylation is 1. The first kappa shape index (κ1) is 13.6. The lowest BCUT2D eigenvalue weighted by Gasteiger charge is -2.16. The molecule has 1 atom stereocenters. The number of hydrogen-bond acceptors (Lipinski definition) is 2. The molecule has 1 aromatic carbocycles. The van der Waals surface area contributed by atoms with E-state index in [2.05, 4.69) is 0 Å². The van der Waals surface area contributed by atoms with E-state index in [4.69, 9.17) is 27.9 Å². The fourth-order valence-corrected chi connectivity index (χ4v) is 1.96. The fraction of sp³-hybridized carbons (Fsp3) is 0.500. The number of alkyl halides is 1. The van der Waals surface area contributed by atoms with Crippen molar-refractivity contribution in [2.75, 3.05) is 13.0 Å². The second-order valence-corrected chi connectivity index (χ2v) is 4.51. The van der Waals surface area contributed by atoms with Crippen LogP contribution in [0.5, 0.6) is 5.75 Å². The summed E-state index contributed by atoms with van der Waals surface area (Å²) in [7, 11) is 1.61. The summed E-state index contributed by atoms with van der Waals surface area (Å²) in [5, 5.41) is 10.3. The first-order valence-electron chi connectivity index (χ1n) is 5.07. The molecule has 0 saturated carbocycles. The molecule has 0 aliphatic rings. The van der Waals surface area contributed by atoms with Gasteiger partial charge < -0.3 is 9.84 Å². The summed E-state index contributed by atoms with van der Waals surface area (Å²) >= 11 is 11.8. The summed E-state index contributed by atoms with van der Waals surface area (Å²) in [6.07, 6.45) is -0.119. The Kier molecular flexibility index (Phi) is 4.90. The number of aliphatic hydroxyl groups is 1. The van der Waals surface area contributed by atoms with Gasteiger partial charge in [-0.05, 0) is 31.0 Å². The van der Waals surface area contributed by atoms with Crippen molar-refractivity contribution >= 4 is 23.2 Å². The zero-order valence-corrected chi connectivity index (χ0v) is 11.2. The van der Waals surface area contributed by atoms with E-state index in [1.165, 1.54) is 0 Å². The first-order valence-corrected chi connectivity index (χ1v) is 5.99. The van der Waals surface area contributed by atoms with Gasteiger partial charge in [0.05, 0.1) is 13.2 Å². The smallest absolute Gasteiger partial charge is 0.122 e. The molecule has 1 unspecified atom stereocenters. The number of hydrogen-bond donors (Lipinski definition) is 1. The molecule has 90 valence electrons. The second kappa shape index (κ2) is 5.76. The molecule has 1 aromatic rings. The Morgan fingerprint density at radius 2 is 2.06 bits per heavy atom. The lowest BCUT2D eigenvalue weighted by molar-refractivity contribution is 0.197. The molecule has 4 heteroatoms. The van der Waals surface area contributed by atoms with Gasteiger partial charge in [-0.25, -0.2) is 0 Å². The summed E-state index contributed by atoms with van der Waals surface area (Å²) in [6, 6.07) is 1.88. The van der Waals surface area contributed by atoms with Gasteiger partial charge in [-0.15, -0.1) is 11.6 Å². The Balaban J connectivity index is 3.19. The summed E-state index contributed by atoms with van der Waals surface area (Å²) in [6.45, 7) is 3.85. The van der Waals surface area contributed by atoms with Crippen LogP contribution >= 0.6 is 23.2 Å². The Bertz CT molecular complexity index is 378. The number of rotatable bonds is 4. The molecular formula is C12H16Cl2O2. The van der Waals surface area contributed by atoms with Crippen LogP contribution in [0.15, 0.2) is 6.07 Å². The molecule has 0 bridgehead atoms. The fourth-order valence-electron chi connectivity index (χ4n) is 1.69. The van der Waals surface area contributed by atoms with E-state index in [9.17, 15) is 5.11 Å². The van der Waals surface area contributed by atoms with Crippen LogP contribution in [0, 0.1) is 13.8 Å². The normalized spacial score (nSPS) is 12.6. The van der Waals surface area contributed by atoms with Crippen molar-refractivity contribution in [2.45, 2.75) is 26.4 Å². The summed E-state index contributed by atoms with van der Waals surface area (Å²) in [4.78, 5) is 0. The van der Waals surface area contributed by atoms with Gasteiger partial charge in [0, 0.05) is 22.9 Å². The van der Waals surface area contributed by atoms with E-state index in [1.807, 2.05) is 19.9 Å². The van der Waals surface area contributed by atoms with E-state index in [0.717, 1.165) is 27.5 Å². The van der Waals surface area contributed by atoms with Crippen LogP contribution in [-0.2, 0) is 6.42 Å². The van der Waals surface area contributed by atoms with Crippen LogP contribution in [-0.4, -0.2) is 24.2 Å². The predicted molar refractivity (Wildman–Crippen MR) is 67.9 cm³/mol. The van der Waals surface area contributed by atoms with Gasteiger partial charge in [0.1, 0.15) is 5.75 Å². The highest BCUT2D eigenvalue weighted by molar-refractivity contribution is 6.32. The third-order valence-electron chi connectivity index (χ3n) is 2.61. The first-order chi connectivity index (χ1) is 7.51. The molecule has 2 nitrogen and oxygen atoms in total. The molecule has 0 radical (unpaired) electrons. The van der Waals surface area contributed by atoms with Crippen LogP contribution in [0.1, 0.15) is 16.7 Å². The quantitative estimate of drug-likeness (QED) is 0.846. The SMILES string of the molecule is COc1cc(C)c(Cl)c(C)c1CC(O)CCl. The van der Waals surface area contributed by atoms with E-state index < -0.39 is 6.10 Å². The summed E-state index contributed by atoms with van der Waals surface area (Å²) < 4.78 is 5.29. The summed E-state index contributed by atoms with van der Waals surface area (Å²) in [5.41, 5.74) is 2.84. The lowest BCUT2D eigenvalue weighted by atomic mass is 9.99. The Labute approximate surface area is 106 Å². The minimum absolute atomic E-state index is 0.202. The maximum absolute atomic E-state index is 9.59. The maximum Gasteiger partial charge on any atom is 0.122 e. The maximum atomic E-state index is 9.59. The molecule has 1 rings (SSSR count). The number of methoxy groups -OCH3 is 1. The van der Waals surface area contributed by atoms with Gasteiger partial charge in [0.25, 0.3) is 0 Å². The number of benzene rings is 1. The summed E-state index contributed by atoms with van der Waals surface area (Å²) in [5.74, 6) is 0.956. The monoisotopic (exact) mass is 262 g/mol. The Morgan fingerprint density at radius 3 is 2.56 bits per heavy atom. The van der Waals surface area contributed by atoms with Gasteiger partial charge in [-0.3, -0.25) is 0 Å². The highest BCUT2D eigenvalue weighted by atomic mass is 35.5. The van der Waals surface area contributed by atoms with Crippen LogP contribution in [0.3, 0.4) is 0 Å². The molecule has 0 aliphatic heterocycles. The van der Waals surface area contributed by atoms with Crippen LogP contribution in [0.25, 0.3) is 0 Å². The number of ether oxygens (including phenoxy) is 1. The van der Waals surface area contributed by atoms with Gasteiger partial charge in [0.2, 0.25) is 0 Å². The van der Waals surface area contributed by atoms with Gasteiger partial charge in [0.15, 0.2) is 0 Å².